The second kappa shape index (κ2) is 8.97. The fraction of sp³-hybridized carbons (Fsp3) is 0.263. The Kier molecular flexibility index (Phi) is 6.93. The molecule has 0 amide bonds. The molecule has 0 aliphatic rings. The minimum absolute atomic E-state index is 0.254. The van der Waals surface area contributed by atoms with Crippen LogP contribution in [-0.2, 0) is 16.0 Å². The fourth-order valence-corrected chi connectivity index (χ4v) is 2.68. The lowest BCUT2D eigenvalue weighted by atomic mass is 10.0. The quantitative estimate of drug-likeness (QED) is 0.671. The van der Waals surface area contributed by atoms with E-state index in [-0.39, 0.29) is 6.42 Å². The van der Waals surface area contributed by atoms with E-state index < -0.39 is 24.1 Å². The number of carboxylic acids is 2. The Morgan fingerprint density at radius 1 is 0.852 bits per heavy atom. The van der Waals surface area contributed by atoms with E-state index in [1.54, 1.807) is 36.4 Å². The monoisotopic (exact) mass is 412 g/mol. The van der Waals surface area contributed by atoms with Gasteiger partial charge in [0.2, 0.25) is 0 Å². The molecule has 0 spiro atoms. The summed E-state index contributed by atoms with van der Waals surface area (Å²) in [5, 5.41) is 19.0. The van der Waals surface area contributed by atoms with Crippen molar-refractivity contribution in [1.29, 1.82) is 0 Å². The fourth-order valence-electron chi connectivity index (χ4n) is 2.29. The van der Waals surface area contributed by atoms with Crippen molar-refractivity contribution in [3.8, 4) is 11.5 Å². The van der Waals surface area contributed by atoms with Gasteiger partial charge in [0, 0.05) is 27.6 Å². The second-order valence-corrected chi connectivity index (χ2v) is 6.75. The standard InChI is InChI=1S/C19H18Cl2O6/c1-10(18(22)23)26-16-5-3-14(20)8-12(16)7-13-9-15(21)4-6-17(13)27-11(2)19(24)25/h3-6,8-11H,7H2,1-2H3,(H,22,23)(H,24,25). The molecule has 0 saturated carbocycles. The lowest BCUT2D eigenvalue weighted by Crippen LogP contribution is -2.24. The number of rotatable bonds is 8. The Morgan fingerprint density at radius 2 is 1.22 bits per heavy atom. The molecule has 6 nitrogen and oxygen atoms in total. The maximum Gasteiger partial charge on any atom is 0.344 e. The summed E-state index contributed by atoms with van der Waals surface area (Å²) in [5.41, 5.74) is 1.23. The lowest BCUT2D eigenvalue weighted by molar-refractivity contribution is -0.145. The van der Waals surface area contributed by atoms with Gasteiger partial charge in [-0.3, -0.25) is 0 Å². The van der Waals surface area contributed by atoms with Crippen LogP contribution in [0.1, 0.15) is 25.0 Å². The zero-order chi connectivity index (χ0) is 20.1. The molecule has 0 heterocycles. The normalized spacial score (nSPS) is 12.9. The van der Waals surface area contributed by atoms with Crippen LogP contribution in [0.5, 0.6) is 11.5 Å². The summed E-state index contributed by atoms with van der Waals surface area (Å²) < 4.78 is 11.0. The van der Waals surface area contributed by atoms with E-state index in [4.69, 9.17) is 42.9 Å². The van der Waals surface area contributed by atoms with Crippen LogP contribution in [0, 0.1) is 0 Å². The third kappa shape index (κ3) is 5.77. The number of hydrogen-bond donors (Lipinski definition) is 2. The van der Waals surface area contributed by atoms with E-state index in [1.165, 1.54) is 13.8 Å². The first-order chi connectivity index (χ1) is 12.7. The van der Waals surface area contributed by atoms with E-state index >= 15 is 0 Å². The van der Waals surface area contributed by atoms with Gasteiger partial charge in [-0.25, -0.2) is 9.59 Å². The number of halogens is 2. The number of hydrogen-bond acceptors (Lipinski definition) is 4. The van der Waals surface area contributed by atoms with E-state index in [1.807, 2.05) is 0 Å². The van der Waals surface area contributed by atoms with Crippen LogP contribution in [0.2, 0.25) is 10.0 Å². The summed E-state index contributed by atoms with van der Waals surface area (Å²) in [7, 11) is 0. The highest BCUT2D eigenvalue weighted by Gasteiger charge is 2.19. The van der Waals surface area contributed by atoms with Crippen LogP contribution in [0.4, 0.5) is 0 Å². The van der Waals surface area contributed by atoms with Crippen molar-refractivity contribution >= 4 is 35.1 Å². The van der Waals surface area contributed by atoms with Crippen LogP contribution in [0.25, 0.3) is 0 Å². The van der Waals surface area contributed by atoms with Gasteiger partial charge in [0.05, 0.1) is 0 Å². The Bertz CT molecular complexity index is 783. The highest BCUT2D eigenvalue weighted by atomic mass is 35.5. The minimum Gasteiger partial charge on any atom is -0.479 e. The van der Waals surface area contributed by atoms with Gasteiger partial charge in [-0.05, 0) is 50.2 Å². The van der Waals surface area contributed by atoms with E-state index in [0.29, 0.717) is 32.7 Å². The van der Waals surface area contributed by atoms with Gasteiger partial charge >= 0.3 is 11.9 Å². The van der Waals surface area contributed by atoms with Gasteiger partial charge in [-0.15, -0.1) is 0 Å². The van der Waals surface area contributed by atoms with Crippen LogP contribution in [0.15, 0.2) is 36.4 Å². The molecule has 2 aromatic rings. The summed E-state index contributed by atoms with van der Waals surface area (Å²) in [6, 6.07) is 9.66. The van der Waals surface area contributed by atoms with E-state index in [9.17, 15) is 9.59 Å². The average Bonchev–Trinajstić information content (AvgIpc) is 2.59. The van der Waals surface area contributed by atoms with Crippen LogP contribution in [-0.4, -0.2) is 34.4 Å². The van der Waals surface area contributed by atoms with Crippen LogP contribution in [0.3, 0.4) is 0 Å². The molecule has 0 aliphatic heterocycles. The highest BCUT2D eigenvalue weighted by Crippen LogP contribution is 2.31. The van der Waals surface area contributed by atoms with Gasteiger partial charge < -0.3 is 19.7 Å². The van der Waals surface area contributed by atoms with Gasteiger partial charge in [0.15, 0.2) is 12.2 Å². The van der Waals surface area contributed by atoms with Crippen molar-refractivity contribution in [2.75, 3.05) is 0 Å². The SMILES string of the molecule is CC(Oc1ccc(Cl)cc1Cc1cc(Cl)ccc1OC(C)C(=O)O)C(=O)O. The van der Waals surface area contributed by atoms with Gasteiger partial charge in [0.25, 0.3) is 0 Å². The number of ether oxygens (including phenoxy) is 2. The molecular formula is C19H18Cl2O6. The molecule has 0 fully saturated rings. The predicted octanol–water partition coefficient (Wildman–Crippen LogP) is 4.29. The molecule has 0 aromatic heterocycles. The lowest BCUT2D eigenvalue weighted by Gasteiger charge is -2.18. The largest absolute Gasteiger partial charge is 0.479 e. The zero-order valence-corrected chi connectivity index (χ0v) is 16.1. The number of aliphatic carboxylic acids is 2. The molecule has 144 valence electrons. The Labute approximate surface area is 166 Å². The van der Waals surface area contributed by atoms with Crippen molar-refractivity contribution in [3.63, 3.8) is 0 Å². The van der Waals surface area contributed by atoms with Crippen molar-refractivity contribution in [1.82, 2.24) is 0 Å². The Hall–Kier alpha value is -2.44. The topological polar surface area (TPSA) is 93.1 Å². The summed E-state index contributed by atoms with van der Waals surface area (Å²) in [6.07, 6.45) is -1.84. The zero-order valence-electron chi connectivity index (χ0n) is 14.6. The number of benzene rings is 2. The molecule has 0 radical (unpaired) electrons. The third-order valence-corrected chi connectivity index (χ3v) is 4.20. The predicted molar refractivity (Wildman–Crippen MR) is 101 cm³/mol. The first kappa shape index (κ1) is 20.9. The maximum absolute atomic E-state index is 11.1. The summed E-state index contributed by atoms with van der Waals surface area (Å²) in [5.74, 6) is -1.49. The third-order valence-electron chi connectivity index (χ3n) is 3.73. The molecule has 2 atom stereocenters. The van der Waals surface area contributed by atoms with E-state index in [0.717, 1.165) is 0 Å². The summed E-state index contributed by atoms with van der Waals surface area (Å²) in [6.45, 7) is 2.84. The van der Waals surface area contributed by atoms with Crippen molar-refractivity contribution in [2.24, 2.45) is 0 Å². The molecule has 0 bridgehead atoms. The van der Waals surface area contributed by atoms with Gasteiger partial charge in [-0.2, -0.15) is 0 Å². The Morgan fingerprint density at radius 3 is 1.56 bits per heavy atom. The van der Waals surface area contributed by atoms with Crippen LogP contribution >= 0.6 is 23.2 Å². The van der Waals surface area contributed by atoms with Gasteiger partial charge in [-0.1, -0.05) is 23.2 Å². The van der Waals surface area contributed by atoms with Crippen LogP contribution < -0.4 is 9.47 Å². The van der Waals surface area contributed by atoms with Gasteiger partial charge in [0.1, 0.15) is 11.5 Å². The highest BCUT2D eigenvalue weighted by molar-refractivity contribution is 6.31. The summed E-state index contributed by atoms with van der Waals surface area (Å²) in [4.78, 5) is 22.2. The second-order valence-electron chi connectivity index (χ2n) is 5.88. The smallest absolute Gasteiger partial charge is 0.344 e. The molecule has 0 aliphatic carbocycles. The number of carbonyl (C=O) groups is 2. The molecule has 2 aromatic carbocycles. The van der Waals surface area contributed by atoms with E-state index in [2.05, 4.69) is 0 Å². The van der Waals surface area contributed by atoms with Crippen molar-refractivity contribution in [3.05, 3.63) is 57.6 Å². The first-order valence-corrected chi connectivity index (χ1v) is 8.78. The molecule has 2 N–H and O–H groups in total. The molecule has 0 saturated heterocycles. The molecule has 27 heavy (non-hydrogen) atoms. The van der Waals surface area contributed by atoms with Crippen molar-refractivity contribution < 1.29 is 29.3 Å². The Balaban J connectivity index is 2.38. The molecule has 2 rings (SSSR count). The minimum atomic E-state index is -1.10. The molecule has 2 unspecified atom stereocenters. The van der Waals surface area contributed by atoms with Crippen molar-refractivity contribution in [2.45, 2.75) is 32.5 Å². The first-order valence-electron chi connectivity index (χ1n) is 8.03. The number of carboxylic acid groups (broad SMARTS) is 2. The molecule has 8 heteroatoms. The maximum atomic E-state index is 11.1. The average molecular weight is 413 g/mol. The summed E-state index contributed by atoms with van der Waals surface area (Å²) >= 11 is 12.1. The molecular weight excluding hydrogens is 395 g/mol.